The molecule has 1 aromatic carbocycles. The first-order chi connectivity index (χ1) is 8.86. The van der Waals surface area contributed by atoms with E-state index in [1.165, 1.54) is 19.3 Å². The third-order valence-corrected chi connectivity index (χ3v) is 4.69. The van der Waals surface area contributed by atoms with Crippen LogP contribution in [0.1, 0.15) is 31.0 Å². The van der Waals surface area contributed by atoms with Crippen molar-refractivity contribution in [3.63, 3.8) is 0 Å². The molecular weight excluding hydrogens is 242 g/mol. The lowest BCUT2D eigenvalue weighted by Gasteiger charge is -2.07. The molecule has 2 aromatic rings. The van der Waals surface area contributed by atoms with Crippen LogP contribution in [-0.4, -0.2) is 14.8 Å². The fraction of sp³-hybridized carbons (Fsp3) is 0.429. The van der Waals surface area contributed by atoms with E-state index in [2.05, 4.69) is 26.9 Å². The van der Waals surface area contributed by atoms with E-state index in [1.807, 2.05) is 18.2 Å². The monoisotopic (exact) mass is 257 g/mol. The van der Waals surface area contributed by atoms with Crippen LogP contribution < -0.4 is 0 Å². The second-order valence-corrected chi connectivity index (χ2v) is 5.73. The molecule has 1 heterocycles. The Hall–Kier alpha value is -1.42. The summed E-state index contributed by atoms with van der Waals surface area (Å²) in [6.45, 7) is 0. The SMILES string of the molecule is S=c1[nH]nc(C2C3CCCC32)n1-c1ccccc1. The van der Waals surface area contributed by atoms with Crippen LogP contribution >= 0.6 is 12.2 Å². The molecule has 2 fully saturated rings. The van der Waals surface area contributed by atoms with Gasteiger partial charge in [0, 0.05) is 11.6 Å². The second-order valence-electron chi connectivity index (χ2n) is 5.34. The molecule has 0 bridgehead atoms. The first-order valence-corrected chi connectivity index (χ1v) is 7.00. The summed E-state index contributed by atoms with van der Waals surface area (Å²) in [5, 5.41) is 7.44. The van der Waals surface area contributed by atoms with Gasteiger partial charge < -0.3 is 0 Å². The summed E-state index contributed by atoms with van der Waals surface area (Å²) in [5.41, 5.74) is 1.12. The Labute approximate surface area is 111 Å². The summed E-state index contributed by atoms with van der Waals surface area (Å²) in [5.74, 6) is 3.49. The molecule has 4 heteroatoms. The Bertz CT molecular complexity index is 618. The summed E-state index contributed by atoms with van der Waals surface area (Å²) in [6, 6.07) is 10.3. The van der Waals surface area contributed by atoms with E-state index in [0.29, 0.717) is 10.7 Å². The number of para-hydroxylation sites is 1. The third kappa shape index (κ3) is 1.42. The number of hydrogen-bond acceptors (Lipinski definition) is 2. The average molecular weight is 257 g/mol. The quantitative estimate of drug-likeness (QED) is 0.836. The van der Waals surface area contributed by atoms with Crippen molar-refractivity contribution in [3.05, 3.63) is 40.9 Å². The van der Waals surface area contributed by atoms with Gasteiger partial charge in [-0.25, -0.2) is 0 Å². The standard InChI is InChI=1S/C14H15N3S/c18-14-16-15-13(12-10-7-4-8-11(10)12)17(14)9-5-2-1-3-6-9/h1-3,5-6,10-12H,4,7-8H2,(H,16,18). The Kier molecular flexibility index (Phi) is 2.21. The Balaban J connectivity index is 1.80. The van der Waals surface area contributed by atoms with Gasteiger partial charge in [0.2, 0.25) is 0 Å². The van der Waals surface area contributed by atoms with Crippen LogP contribution in [-0.2, 0) is 0 Å². The molecule has 4 rings (SSSR count). The van der Waals surface area contributed by atoms with Gasteiger partial charge in [0.15, 0.2) is 4.77 Å². The van der Waals surface area contributed by atoms with E-state index < -0.39 is 0 Å². The molecule has 0 spiro atoms. The predicted octanol–water partition coefficient (Wildman–Crippen LogP) is 3.44. The summed E-state index contributed by atoms with van der Waals surface area (Å²) in [4.78, 5) is 0. The van der Waals surface area contributed by atoms with Crippen molar-refractivity contribution in [2.75, 3.05) is 0 Å². The molecule has 2 unspecified atom stereocenters. The van der Waals surface area contributed by atoms with Gasteiger partial charge in [-0.3, -0.25) is 9.67 Å². The van der Waals surface area contributed by atoms with Crippen LogP contribution in [0, 0.1) is 16.6 Å². The maximum Gasteiger partial charge on any atom is 0.199 e. The summed E-state index contributed by atoms with van der Waals surface area (Å²) in [7, 11) is 0. The average Bonchev–Trinajstić information content (AvgIpc) is 2.79. The van der Waals surface area contributed by atoms with Gasteiger partial charge >= 0.3 is 0 Å². The fourth-order valence-corrected chi connectivity index (χ4v) is 3.81. The molecule has 1 aromatic heterocycles. The van der Waals surface area contributed by atoms with Crippen molar-refractivity contribution in [2.24, 2.45) is 11.8 Å². The highest BCUT2D eigenvalue weighted by atomic mass is 32.1. The summed E-state index contributed by atoms with van der Waals surface area (Å²) < 4.78 is 2.82. The summed E-state index contributed by atoms with van der Waals surface area (Å²) in [6.07, 6.45) is 4.12. The predicted molar refractivity (Wildman–Crippen MR) is 72.3 cm³/mol. The van der Waals surface area contributed by atoms with Crippen molar-refractivity contribution in [1.29, 1.82) is 0 Å². The van der Waals surface area contributed by atoms with E-state index in [4.69, 9.17) is 12.2 Å². The molecule has 0 aliphatic heterocycles. The normalized spacial score (nSPS) is 29.2. The molecule has 2 atom stereocenters. The number of rotatable bonds is 2. The zero-order valence-electron chi connectivity index (χ0n) is 10.0. The number of nitrogens with one attached hydrogen (secondary N) is 1. The number of aromatic nitrogens is 3. The number of H-pyrrole nitrogens is 1. The Morgan fingerprint density at radius 2 is 1.89 bits per heavy atom. The minimum Gasteiger partial charge on any atom is -0.272 e. The smallest absolute Gasteiger partial charge is 0.199 e. The first-order valence-electron chi connectivity index (χ1n) is 6.59. The molecule has 2 saturated carbocycles. The van der Waals surface area contributed by atoms with Gasteiger partial charge in [-0.2, -0.15) is 5.10 Å². The van der Waals surface area contributed by atoms with Crippen LogP contribution in [0.25, 0.3) is 5.69 Å². The molecule has 18 heavy (non-hydrogen) atoms. The van der Waals surface area contributed by atoms with Gasteiger partial charge in [0.05, 0.1) is 0 Å². The number of fused-ring (bicyclic) bond motifs is 1. The van der Waals surface area contributed by atoms with E-state index >= 15 is 0 Å². The number of benzene rings is 1. The van der Waals surface area contributed by atoms with Gasteiger partial charge in [0.1, 0.15) is 5.82 Å². The molecule has 1 N–H and O–H groups in total. The maximum absolute atomic E-state index is 5.38. The highest BCUT2D eigenvalue weighted by Crippen LogP contribution is 2.62. The minimum atomic E-state index is 0.631. The topological polar surface area (TPSA) is 33.6 Å². The zero-order valence-corrected chi connectivity index (χ0v) is 10.9. The lowest BCUT2D eigenvalue weighted by molar-refractivity contribution is 0.648. The van der Waals surface area contributed by atoms with Crippen molar-refractivity contribution in [2.45, 2.75) is 25.2 Å². The fourth-order valence-electron chi connectivity index (χ4n) is 3.56. The molecular formula is C14H15N3S. The Morgan fingerprint density at radius 1 is 1.17 bits per heavy atom. The van der Waals surface area contributed by atoms with E-state index in [0.717, 1.165) is 23.3 Å². The second kappa shape index (κ2) is 3.79. The lowest BCUT2D eigenvalue weighted by atomic mass is 10.1. The first kappa shape index (κ1) is 10.5. The van der Waals surface area contributed by atoms with Crippen LogP contribution in [0.5, 0.6) is 0 Å². The van der Waals surface area contributed by atoms with E-state index in [9.17, 15) is 0 Å². The number of aromatic amines is 1. The van der Waals surface area contributed by atoms with Crippen molar-refractivity contribution in [3.8, 4) is 5.69 Å². The minimum absolute atomic E-state index is 0.631. The lowest BCUT2D eigenvalue weighted by Crippen LogP contribution is -2.02. The van der Waals surface area contributed by atoms with Gasteiger partial charge in [-0.05, 0) is 49.0 Å². The molecule has 0 saturated heterocycles. The Morgan fingerprint density at radius 3 is 2.61 bits per heavy atom. The molecule has 0 amide bonds. The molecule has 3 nitrogen and oxygen atoms in total. The van der Waals surface area contributed by atoms with Crippen LogP contribution in [0.2, 0.25) is 0 Å². The van der Waals surface area contributed by atoms with Crippen LogP contribution in [0.15, 0.2) is 30.3 Å². The molecule has 2 aliphatic carbocycles. The summed E-state index contributed by atoms with van der Waals surface area (Å²) >= 11 is 5.38. The maximum atomic E-state index is 5.38. The highest BCUT2D eigenvalue weighted by Gasteiger charge is 2.55. The largest absolute Gasteiger partial charge is 0.272 e. The molecule has 0 radical (unpaired) electrons. The van der Waals surface area contributed by atoms with Gasteiger partial charge in [-0.15, -0.1) is 0 Å². The van der Waals surface area contributed by atoms with Gasteiger partial charge in [0.25, 0.3) is 0 Å². The van der Waals surface area contributed by atoms with Crippen molar-refractivity contribution >= 4 is 12.2 Å². The van der Waals surface area contributed by atoms with Crippen molar-refractivity contribution in [1.82, 2.24) is 14.8 Å². The number of hydrogen-bond donors (Lipinski definition) is 1. The highest BCUT2D eigenvalue weighted by molar-refractivity contribution is 7.71. The van der Waals surface area contributed by atoms with Crippen LogP contribution in [0.3, 0.4) is 0 Å². The zero-order chi connectivity index (χ0) is 12.1. The molecule has 2 aliphatic rings. The van der Waals surface area contributed by atoms with E-state index in [1.54, 1.807) is 0 Å². The van der Waals surface area contributed by atoms with E-state index in [-0.39, 0.29) is 0 Å². The number of nitrogens with zero attached hydrogens (tertiary/aromatic N) is 2. The molecule has 92 valence electrons. The van der Waals surface area contributed by atoms with Crippen molar-refractivity contribution < 1.29 is 0 Å². The van der Waals surface area contributed by atoms with Crippen LogP contribution in [0.4, 0.5) is 0 Å². The van der Waals surface area contributed by atoms with Gasteiger partial charge in [-0.1, -0.05) is 24.6 Å². The third-order valence-electron chi connectivity index (χ3n) is 4.42.